The fourth-order valence-corrected chi connectivity index (χ4v) is 2.05. The molecule has 1 aromatic rings. The first-order chi connectivity index (χ1) is 9.24. The molecule has 1 unspecified atom stereocenters. The van der Waals surface area contributed by atoms with Crippen LogP contribution in [-0.2, 0) is 9.53 Å². The summed E-state index contributed by atoms with van der Waals surface area (Å²) in [6.07, 6.45) is 5.43. The normalized spacial score (nSPS) is 18.8. The van der Waals surface area contributed by atoms with Crippen molar-refractivity contribution < 1.29 is 9.53 Å². The number of hydrogen-bond donors (Lipinski definition) is 2. The Labute approximate surface area is 113 Å². The molecule has 102 valence electrons. The van der Waals surface area contributed by atoms with Crippen molar-refractivity contribution in [3.05, 3.63) is 35.9 Å². The molecule has 2 rings (SSSR count). The predicted octanol–water partition coefficient (Wildman–Crippen LogP) is 1.82. The zero-order chi connectivity index (χ0) is 13.5. The molecule has 1 atom stereocenters. The molecule has 0 aliphatic carbocycles. The molecule has 1 heterocycles. The topological polar surface area (TPSA) is 64.4 Å². The minimum Gasteiger partial charge on any atom is -0.399 e. The second-order valence-corrected chi connectivity index (χ2v) is 4.81. The molecule has 3 N–H and O–H groups in total. The molecule has 0 radical (unpaired) electrons. The van der Waals surface area contributed by atoms with Crippen LogP contribution in [0.3, 0.4) is 0 Å². The average molecular weight is 260 g/mol. The van der Waals surface area contributed by atoms with Crippen molar-refractivity contribution in [2.75, 3.05) is 25.5 Å². The van der Waals surface area contributed by atoms with Gasteiger partial charge in [-0.3, -0.25) is 4.79 Å². The van der Waals surface area contributed by atoms with Gasteiger partial charge in [-0.2, -0.15) is 0 Å². The van der Waals surface area contributed by atoms with Gasteiger partial charge in [0.05, 0.1) is 0 Å². The van der Waals surface area contributed by atoms with Crippen LogP contribution in [0.4, 0.5) is 5.69 Å². The van der Waals surface area contributed by atoms with Gasteiger partial charge in [0.15, 0.2) is 0 Å². The monoisotopic (exact) mass is 260 g/mol. The summed E-state index contributed by atoms with van der Waals surface area (Å²) in [7, 11) is 0. The van der Waals surface area contributed by atoms with Crippen LogP contribution in [0.5, 0.6) is 0 Å². The highest BCUT2D eigenvalue weighted by Gasteiger charge is 2.14. The third-order valence-electron chi connectivity index (χ3n) is 3.24. The third-order valence-corrected chi connectivity index (χ3v) is 3.24. The van der Waals surface area contributed by atoms with E-state index in [2.05, 4.69) is 5.32 Å². The molecule has 1 aromatic carbocycles. The molecule has 1 saturated heterocycles. The van der Waals surface area contributed by atoms with Crippen molar-refractivity contribution in [3.8, 4) is 0 Å². The SMILES string of the molecule is Nc1ccc(/C=C/C(=O)NCCC2CCOC2)cc1. The average Bonchev–Trinajstić information content (AvgIpc) is 2.91. The number of hydrogen-bond acceptors (Lipinski definition) is 3. The van der Waals surface area contributed by atoms with E-state index in [1.54, 1.807) is 12.2 Å². The maximum atomic E-state index is 11.6. The lowest BCUT2D eigenvalue weighted by Gasteiger charge is -2.07. The Bertz CT molecular complexity index is 434. The predicted molar refractivity (Wildman–Crippen MR) is 76.4 cm³/mol. The number of anilines is 1. The van der Waals surface area contributed by atoms with Gasteiger partial charge in [0, 0.05) is 31.5 Å². The quantitative estimate of drug-likeness (QED) is 0.627. The first kappa shape index (κ1) is 13.6. The fourth-order valence-electron chi connectivity index (χ4n) is 2.05. The third kappa shape index (κ3) is 4.75. The zero-order valence-electron chi connectivity index (χ0n) is 11.0. The summed E-state index contributed by atoms with van der Waals surface area (Å²) in [6, 6.07) is 7.40. The molecule has 0 aromatic heterocycles. The number of amides is 1. The second-order valence-electron chi connectivity index (χ2n) is 4.81. The van der Waals surface area contributed by atoms with Gasteiger partial charge >= 0.3 is 0 Å². The van der Waals surface area contributed by atoms with Gasteiger partial charge in [-0.25, -0.2) is 0 Å². The van der Waals surface area contributed by atoms with Gasteiger partial charge in [-0.1, -0.05) is 12.1 Å². The molecule has 4 heteroatoms. The first-order valence-electron chi connectivity index (χ1n) is 6.63. The van der Waals surface area contributed by atoms with Gasteiger partial charge < -0.3 is 15.8 Å². The molecule has 1 amide bonds. The lowest BCUT2D eigenvalue weighted by atomic mass is 10.1. The summed E-state index contributed by atoms with van der Waals surface area (Å²) in [5, 5.41) is 2.89. The number of nitrogens with two attached hydrogens (primary N) is 1. The number of nitrogens with one attached hydrogen (secondary N) is 1. The van der Waals surface area contributed by atoms with E-state index in [0.717, 1.165) is 37.3 Å². The maximum absolute atomic E-state index is 11.6. The molecule has 0 spiro atoms. The lowest BCUT2D eigenvalue weighted by Crippen LogP contribution is -2.24. The number of carbonyl (C=O) groups is 1. The van der Waals surface area contributed by atoms with E-state index in [1.165, 1.54) is 0 Å². The van der Waals surface area contributed by atoms with E-state index in [9.17, 15) is 4.79 Å². The fraction of sp³-hybridized carbons (Fsp3) is 0.400. The first-order valence-corrected chi connectivity index (χ1v) is 6.63. The molecule has 1 aliphatic heterocycles. The standard InChI is InChI=1S/C15H20N2O2/c16-14-4-1-12(2-5-14)3-6-15(18)17-9-7-13-8-10-19-11-13/h1-6,13H,7-11,16H2,(H,17,18)/b6-3+. The van der Waals surface area contributed by atoms with Crippen LogP contribution >= 0.6 is 0 Å². The summed E-state index contributed by atoms with van der Waals surface area (Å²) in [6.45, 7) is 2.39. The van der Waals surface area contributed by atoms with Gasteiger partial charge in [-0.05, 0) is 42.5 Å². The van der Waals surface area contributed by atoms with Crippen molar-refractivity contribution in [2.45, 2.75) is 12.8 Å². The van der Waals surface area contributed by atoms with Crippen molar-refractivity contribution in [2.24, 2.45) is 5.92 Å². The molecular weight excluding hydrogens is 240 g/mol. The Balaban J connectivity index is 1.69. The van der Waals surface area contributed by atoms with Gasteiger partial charge in [0.2, 0.25) is 5.91 Å². The number of benzene rings is 1. The lowest BCUT2D eigenvalue weighted by molar-refractivity contribution is -0.116. The summed E-state index contributed by atoms with van der Waals surface area (Å²) < 4.78 is 5.29. The minimum atomic E-state index is -0.0595. The van der Waals surface area contributed by atoms with Crippen LogP contribution < -0.4 is 11.1 Å². The minimum absolute atomic E-state index is 0.0595. The Morgan fingerprint density at radius 1 is 1.42 bits per heavy atom. The van der Waals surface area contributed by atoms with Crippen LogP contribution in [0.25, 0.3) is 6.08 Å². The number of ether oxygens (including phenoxy) is 1. The van der Waals surface area contributed by atoms with Crippen LogP contribution in [0.15, 0.2) is 30.3 Å². The van der Waals surface area contributed by atoms with Crippen LogP contribution in [0.1, 0.15) is 18.4 Å². The molecule has 1 aliphatic rings. The largest absolute Gasteiger partial charge is 0.399 e. The van der Waals surface area contributed by atoms with E-state index in [1.807, 2.05) is 24.3 Å². The summed E-state index contributed by atoms with van der Waals surface area (Å²) in [4.78, 5) is 11.6. The Morgan fingerprint density at radius 3 is 2.89 bits per heavy atom. The highest BCUT2D eigenvalue weighted by Crippen LogP contribution is 2.15. The molecule has 4 nitrogen and oxygen atoms in total. The molecule has 1 fully saturated rings. The molecular formula is C15H20N2O2. The van der Waals surface area contributed by atoms with Crippen LogP contribution in [-0.4, -0.2) is 25.7 Å². The highest BCUT2D eigenvalue weighted by molar-refractivity contribution is 5.91. The smallest absolute Gasteiger partial charge is 0.243 e. The van der Waals surface area contributed by atoms with E-state index in [4.69, 9.17) is 10.5 Å². The summed E-state index contributed by atoms with van der Waals surface area (Å²) in [5.41, 5.74) is 7.28. The number of rotatable bonds is 5. The van der Waals surface area contributed by atoms with Crippen molar-refractivity contribution in [1.82, 2.24) is 5.32 Å². The number of carbonyl (C=O) groups excluding carboxylic acids is 1. The van der Waals surface area contributed by atoms with Gasteiger partial charge in [-0.15, -0.1) is 0 Å². The zero-order valence-corrected chi connectivity index (χ0v) is 11.0. The van der Waals surface area contributed by atoms with E-state index >= 15 is 0 Å². The number of nitrogen functional groups attached to an aromatic ring is 1. The van der Waals surface area contributed by atoms with E-state index < -0.39 is 0 Å². The van der Waals surface area contributed by atoms with Gasteiger partial charge in [0.25, 0.3) is 0 Å². The Hall–Kier alpha value is -1.81. The van der Waals surface area contributed by atoms with Crippen molar-refractivity contribution in [3.63, 3.8) is 0 Å². The molecule has 19 heavy (non-hydrogen) atoms. The summed E-state index contributed by atoms with van der Waals surface area (Å²) >= 11 is 0. The summed E-state index contributed by atoms with van der Waals surface area (Å²) in [5.74, 6) is 0.539. The Morgan fingerprint density at radius 2 is 2.21 bits per heavy atom. The van der Waals surface area contributed by atoms with Crippen molar-refractivity contribution in [1.29, 1.82) is 0 Å². The Kier molecular flexibility index (Phi) is 4.98. The highest BCUT2D eigenvalue weighted by atomic mass is 16.5. The molecule has 0 bridgehead atoms. The van der Waals surface area contributed by atoms with Crippen LogP contribution in [0.2, 0.25) is 0 Å². The molecule has 0 saturated carbocycles. The van der Waals surface area contributed by atoms with E-state index in [-0.39, 0.29) is 5.91 Å². The maximum Gasteiger partial charge on any atom is 0.243 e. The second kappa shape index (κ2) is 6.95. The van der Waals surface area contributed by atoms with E-state index in [0.29, 0.717) is 12.5 Å². The van der Waals surface area contributed by atoms with Gasteiger partial charge in [0.1, 0.15) is 0 Å². The van der Waals surface area contributed by atoms with Crippen LogP contribution in [0, 0.1) is 5.92 Å². The van der Waals surface area contributed by atoms with Crippen molar-refractivity contribution >= 4 is 17.7 Å².